The number of nitrogens with zero attached hydrogens (tertiary/aromatic N) is 2. The monoisotopic (exact) mass is 446 g/mol. The number of methoxy groups -OCH3 is 1. The fraction of sp³-hybridized carbons (Fsp3) is 0.280. The van der Waals surface area contributed by atoms with Crippen molar-refractivity contribution in [2.24, 2.45) is 28.8 Å². The number of hydrazone groups is 1. The summed E-state index contributed by atoms with van der Waals surface area (Å²) in [5.41, 5.74) is 1.52. The van der Waals surface area contributed by atoms with Crippen LogP contribution < -0.4 is 9.47 Å². The maximum Gasteiger partial charge on any atom is 0.335 e. The molecule has 8 heteroatoms. The van der Waals surface area contributed by atoms with Gasteiger partial charge >= 0.3 is 5.97 Å². The molecule has 2 aromatic carbocycles. The van der Waals surface area contributed by atoms with Crippen molar-refractivity contribution in [3.63, 3.8) is 0 Å². The maximum atomic E-state index is 12.9. The average molecular weight is 446 g/mol. The number of hydrogen-bond donors (Lipinski definition) is 1. The number of para-hydroxylation sites is 1. The number of carboxylic acids is 1. The zero-order valence-corrected chi connectivity index (χ0v) is 17.9. The highest BCUT2D eigenvalue weighted by Crippen LogP contribution is 2.52. The third-order valence-electron chi connectivity index (χ3n) is 6.57. The van der Waals surface area contributed by atoms with E-state index < -0.39 is 5.97 Å². The highest BCUT2D eigenvalue weighted by atomic mass is 16.5. The van der Waals surface area contributed by atoms with Gasteiger partial charge in [-0.2, -0.15) is 10.1 Å². The quantitative estimate of drug-likeness (QED) is 0.398. The molecule has 168 valence electrons. The van der Waals surface area contributed by atoms with Crippen molar-refractivity contribution in [3.05, 3.63) is 71.3 Å². The molecule has 3 aliphatic rings. The van der Waals surface area contributed by atoms with Crippen LogP contribution in [0, 0.1) is 23.7 Å². The molecule has 33 heavy (non-hydrogen) atoms. The molecule has 2 fully saturated rings. The highest BCUT2D eigenvalue weighted by molar-refractivity contribution is 6.07. The molecular weight excluding hydrogens is 424 g/mol. The first-order valence-corrected chi connectivity index (χ1v) is 10.7. The summed E-state index contributed by atoms with van der Waals surface area (Å²) >= 11 is 0. The normalized spacial score (nSPS) is 25.2. The summed E-state index contributed by atoms with van der Waals surface area (Å²) < 4.78 is 11.4. The minimum absolute atomic E-state index is 0.125. The Balaban J connectivity index is 1.36. The summed E-state index contributed by atoms with van der Waals surface area (Å²) in [4.78, 5) is 36.8. The van der Waals surface area contributed by atoms with Crippen molar-refractivity contribution in [2.45, 2.75) is 13.0 Å². The van der Waals surface area contributed by atoms with Gasteiger partial charge in [0.2, 0.25) is 0 Å². The third-order valence-corrected chi connectivity index (χ3v) is 6.57. The summed E-state index contributed by atoms with van der Waals surface area (Å²) in [6.45, 7) is 0.169. The van der Waals surface area contributed by atoms with Crippen molar-refractivity contribution in [3.8, 4) is 11.5 Å². The van der Waals surface area contributed by atoms with Gasteiger partial charge in [0.1, 0.15) is 6.61 Å². The van der Waals surface area contributed by atoms with Gasteiger partial charge in [-0.3, -0.25) is 9.59 Å². The van der Waals surface area contributed by atoms with Gasteiger partial charge in [-0.25, -0.2) is 4.79 Å². The highest BCUT2D eigenvalue weighted by Gasteiger charge is 2.59. The summed E-state index contributed by atoms with van der Waals surface area (Å²) in [6, 6.07) is 11.6. The lowest BCUT2D eigenvalue weighted by molar-refractivity contribution is -0.140. The second-order valence-electron chi connectivity index (χ2n) is 8.40. The Hall–Kier alpha value is -3.94. The largest absolute Gasteiger partial charge is 0.493 e. The predicted octanol–water partition coefficient (Wildman–Crippen LogP) is 3.11. The second kappa shape index (κ2) is 8.20. The lowest BCUT2D eigenvalue weighted by Gasteiger charge is -2.14. The van der Waals surface area contributed by atoms with Crippen molar-refractivity contribution < 1.29 is 29.0 Å². The first-order valence-electron chi connectivity index (χ1n) is 10.7. The second-order valence-corrected chi connectivity index (χ2v) is 8.40. The predicted molar refractivity (Wildman–Crippen MR) is 118 cm³/mol. The van der Waals surface area contributed by atoms with Crippen molar-refractivity contribution in [1.29, 1.82) is 0 Å². The number of imide groups is 1. The van der Waals surface area contributed by atoms with E-state index in [1.807, 2.05) is 12.2 Å². The zero-order valence-electron chi connectivity index (χ0n) is 17.9. The van der Waals surface area contributed by atoms with Crippen molar-refractivity contribution >= 4 is 24.0 Å². The molecule has 1 N–H and O–H groups in total. The SMILES string of the molecule is COc1cccc(C=NN2C(=O)[C@@H]3[C@H](C2=O)[C@H]2C=C[C@H]3C2)c1OCc1ccc(C(=O)O)cc1. The number of carboxylic acid groups (broad SMARTS) is 1. The van der Waals surface area contributed by atoms with E-state index in [4.69, 9.17) is 14.6 Å². The van der Waals surface area contributed by atoms with Gasteiger partial charge in [-0.15, -0.1) is 0 Å². The number of carbonyl (C=O) groups is 3. The molecule has 2 amide bonds. The molecule has 2 bridgehead atoms. The van der Waals surface area contributed by atoms with Crippen LogP contribution in [0.4, 0.5) is 0 Å². The van der Waals surface area contributed by atoms with Crippen LogP contribution in [0.1, 0.15) is 27.9 Å². The smallest absolute Gasteiger partial charge is 0.335 e. The molecule has 0 spiro atoms. The molecule has 1 heterocycles. The van der Waals surface area contributed by atoms with Crippen molar-refractivity contribution in [1.82, 2.24) is 5.01 Å². The number of rotatable bonds is 7. The number of allylic oxidation sites excluding steroid dienone is 2. The van der Waals surface area contributed by atoms with Crippen LogP contribution in [-0.4, -0.2) is 41.2 Å². The molecule has 1 saturated heterocycles. The summed E-state index contributed by atoms with van der Waals surface area (Å²) in [7, 11) is 1.52. The first-order chi connectivity index (χ1) is 16.0. The van der Waals surface area contributed by atoms with Gasteiger partial charge in [0.15, 0.2) is 11.5 Å². The number of fused-ring (bicyclic) bond motifs is 5. The van der Waals surface area contributed by atoms with E-state index in [9.17, 15) is 14.4 Å². The third kappa shape index (κ3) is 3.57. The van der Waals surface area contributed by atoms with Crippen LogP contribution in [0.3, 0.4) is 0 Å². The molecule has 2 aliphatic carbocycles. The Morgan fingerprint density at radius 3 is 2.36 bits per heavy atom. The van der Waals surface area contributed by atoms with E-state index in [-0.39, 0.29) is 47.7 Å². The number of ether oxygens (including phenoxy) is 2. The van der Waals surface area contributed by atoms with Crippen LogP contribution >= 0.6 is 0 Å². The van der Waals surface area contributed by atoms with Gasteiger partial charge in [0.05, 0.1) is 30.7 Å². The van der Waals surface area contributed by atoms with E-state index in [0.717, 1.165) is 17.0 Å². The van der Waals surface area contributed by atoms with Crippen LogP contribution in [0.15, 0.2) is 59.7 Å². The molecule has 0 radical (unpaired) electrons. The van der Waals surface area contributed by atoms with E-state index in [0.29, 0.717) is 17.1 Å². The Kier molecular flexibility index (Phi) is 5.20. The van der Waals surface area contributed by atoms with E-state index in [1.165, 1.54) is 25.5 Å². The lowest BCUT2D eigenvalue weighted by Crippen LogP contribution is -2.28. The van der Waals surface area contributed by atoms with Crippen LogP contribution in [0.5, 0.6) is 11.5 Å². The van der Waals surface area contributed by atoms with E-state index >= 15 is 0 Å². The number of amides is 2. The van der Waals surface area contributed by atoms with E-state index in [2.05, 4.69) is 5.10 Å². The van der Waals surface area contributed by atoms with Crippen LogP contribution in [0.25, 0.3) is 0 Å². The topological polar surface area (TPSA) is 106 Å². The summed E-state index contributed by atoms with van der Waals surface area (Å²) in [5, 5.41) is 14.3. The fourth-order valence-electron chi connectivity index (χ4n) is 4.97. The van der Waals surface area contributed by atoms with E-state index in [1.54, 1.807) is 30.3 Å². The fourth-order valence-corrected chi connectivity index (χ4v) is 4.97. The minimum atomic E-state index is -0.996. The maximum absolute atomic E-state index is 12.9. The molecule has 0 aromatic heterocycles. The Morgan fingerprint density at radius 2 is 1.76 bits per heavy atom. The lowest BCUT2D eigenvalue weighted by atomic mass is 9.85. The number of aromatic carboxylic acids is 1. The molecule has 1 aliphatic heterocycles. The van der Waals surface area contributed by atoms with Gasteiger partial charge in [-0.1, -0.05) is 30.4 Å². The molecule has 2 aromatic rings. The minimum Gasteiger partial charge on any atom is -0.493 e. The molecular formula is C25H22N2O6. The summed E-state index contributed by atoms with van der Waals surface area (Å²) in [6.07, 6.45) is 6.39. The van der Waals surface area contributed by atoms with Crippen LogP contribution in [-0.2, 0) is 16.2 Å². The van der Waals surface area contributed by atoms with Gasteiger partial charge < -0.3 is 14.6 Å². The molecule has 0 unspecified atom stereocenters. The molecule has 8 nitrogen and oxygen atoms in total. The average Bonchev–Trinajstić information content (AvgIpc) is 3.51. The number of hydrogen-bond acceptors (Lipinski definition) is 6. The number of benzene rings is 2. The Labute approximate surface area is 190 Å². The van der Waals surface area contributed by atoms with Gasteiger partial charge in [-0.05, 0) is 48.1 Å². The molecule has 4 atom stereocenters. The van der Waals surface area contributed by atoms with Crippen LogP contribution in [0.2, 0.25) is 0 Å². The zero-order chi connectivity index (χ0) is 23.1. The van der Waals surface area contributed by atoms with Crippen molar-refractivity contribution in [2.75, 3.05) is 7.11 Å². The molecule has 5 rings (SSSR count). The Bertz CT molecular complexity index is 1160. The molecule has 1 saturated carbocycles. The standard InChI is InChI=1S/C25H22N2O6/c1-32-19-4-2-3-18(22(19)33-13-14-5-7-15(8-6-14)25(30)31)12-26-27-23(28)20-16-9-10-17(11-16)21(20)24(27)29/h2-10,12,16-17,20-21H,11,13H2,1H3,(H,30,31)/t16-,17-,20-,21+/m0/s1. The number of carbonyl (C=O) groups excluding carboxylic acids is 2. The summed E-state index contributed by atoms with van der Waals surface area (Å²) in [5.74, 6) is -0.973. The van der Waals surface area contributed by atoms with Gasteiger partial charge in [0.25, 0.3) is 11.8 Å². The first kappa shape index (κ1) is 20.9. The van der Waals surface area contributed by atoms with Gasteiger partial charge in [0, 0.05) is 5.56 Å². The Morgan fingerprint density at radius 1 is 1.09 bits per heavy atom.